The van der Waals surface area contributed by atoms with E-state index in [1.807, 2.05) is 18.2 Å². The van der Waals surface area contributed by atoms with E-state index in [-0.39, 0.29) is 18.5 Å². The Morgan fingerprint density at radius 2 is 2.00 bits per heavy atom. The van der Waals surface area contributed by atoms with Crippen molar-refractivity contribution < 1.29 is 24.4 Å². The molecule has 162 valence electrons. The summed E-state index contributed by atoms with van der Waals surface area (Å²) in [5, 5.41) is 21.3. The lowest BCUT2D eigenvalue weighted by molar-refractivity contribution is -0.00972. The third kappa shape index (κ3) is 3.59. The van der Waals surface area contributed by atoms with E-state index in [4.69, 9.17) is 14.2 Å². The lowest BCUT2D eigenvalue weighted by atomic mass is 9.83. The van der Waals surface area contributed by atoms with E-state index in [0.717, 1.165) is 37.2 Å². The van der Waals surface area contributed by atoms with Crippen LogP contribution in [0.1, 0.15) is 29.5 Å². The maximum atomic E-state index is 11.7. The zero-order valence-corrected chi connectivity index (χ0v) is 17.7. The van der Waals surface area contributed by atoms with Crippen LogP contribution in [0.2, 0.25) is 0 Å². The molecule has 1 saturated heterocycles. The van der Waals surface area contributed by atoms with Gasteiger partial charge in [-0.1, -0.05) is 6.07 Å². The number of fused-ring (bicyclic) bond motifs is 1. The Bertz CT molecular complexity index is 908. The number of rotatable bonds is 7. The molecule has 1 aliphatic carbocycles. The zero-order chi connectivity index (χ0) is 21.3. The molecule has 3 unspecified atom stereocenters. The highest BCUT2D eigenvalue weighted by Crippen LogP contribution is 2.52. The number of aliphatic hydroxyl groups excluding tert-OH is 1. The molecule has 8 heteroatoms. The molecule has 0 radical (unpaired) electrons. The molecule has 2 fully saturated rings. The SMILES string of the molecule is COc1ncc(C2(O)CCC3CN(Cc4ccc(OC)c(CO)c4)CC32)c(OC)n1. The van der Waals surface area contributed by atoms with Crippen LogP contribution in [-0.4, -0.2) is 59.5 Å². The van der Waals surface area contributed by atoms with Gasteiger partial charge in [0, 0.05) is 37.3 Å². The average molecular weight is 415 g/mol. The number of likely N-dealkylation sites (tertiary alicyclic amines) is 1. The van der Waals surface area contributed by atoms with Crippen molar-refractivity contribution in [2.24, 2.45) is 11.8 Å². The Labute approximate surface area is 176 Å². The summed E-state index contributed by atoms with van der Waals surface area (Å²) in [5.41, 5.74) is 1.51. The van der Waals surface area contributed by atoms with Gasteiger partial charge in [-0.2, -0.15) is 4.98 Å². The van der Waals surface area contributed by atoms with E-state index in [0.29, 0.717) is 29.5 Å². The van der Waals surface area contributed by atoms with Crippen molar-refractivity contribution in [2.75, 3.05) is 34.4 Å². The summed E-state index contributed by atoms with van der Waals surface area (Å²) in [4.78, 5) is 10.8. The van der Waals surface area contributed by atoms with E-state index in [2.05, 4.69) is 14.9 Å². The number of hydrogen-bond donors (Lipinski definition) is 2. The molecular weight excluding hydrogens is 386 g/mol. The summed E-state index contributed by atoms with van der Waals surface area (Å²) in [6.07, 6.45) is 3.24. The Kier molecular flexibility index (Phi) is 5.81. The molecule has 0 amide bonds. The number of methoxy groups -OCH3 is 3. The van der Waals surface area contributed by atoms with Gasteiger partial charge >= 0.3 is 6.01 Å². The van der Waals surface area contributed by atoms with Crippen molar-refractivity contribution in [3.05, 3.63) is 41.1 Å². The first-order valence-corrected chi connectivity index (χ1v) is 10.2. The van der Waals surface area contributed by atoms with Crippen LogP contribution in [-0.2, 0) is 18.8 Å². The van der Waals surface area contributed by atoms with Gasteiger partial charge < -0.3 is 24.4 Å². The highest BCUT2D eigenvalue weighted by Gasteiger charge is 2.53. The lowest BCUT2D eigenvalue weighted by Crippen LogP contribution is -2.35. The molecule has 2 heterocycles. The van der Waals surface area contributed by atoms with Gasteiger partial charge in [0.05, 0.1) is 33.5 Å². The van der Waals surface area contributed by atoms with Gasteiger partial charge in [-0.3, -0.25) is 4.90 Å². The minimum atomic E-state index is -1.02. The van der Waals surface area contributed by atoms with Crippen LogP contribution >= 0.6 is 0 Å². The number of aliphatic hydroxyl groups is 2. The topological polar surface area (TPSA) is 97.2 Å². The molecule has 8 nitrogen and oxygen atoms in total. The highest BCUT2D eigenvalue weighted by atomic mass is 16.5. The second-order valence-electron chi connectivity index (χ2n) is 8.11. The van der Waals surface area contributed by atoms with Crippen LogP contribution in [0.25, 0.3) is 0 Å². The molecule has 0 spiro atoms. The minimum Gasteiger partial charge on any atom is -0.496 e. The van der Waals surface area contributed by atoms with Gasteiger partial charge in [-0.05, 0) is 36.5 Å². The molecule has 1 aromatic carbocycles. The predicted octanol–water partition coefficient (Wildman–Crippen LogP) is 1.72. The predicted molar refractivity (Wildman–Crippen MR) is 109 cm³/mol. The van der Waals surface area contributed by atoms with Crippen molar-refractivity contribution in [2.45, 2.75) is 31.6 Å². The highest BCUT2D eigenvalue weighted by molar-refractivity contribution is 5.37. The number of ether oxygens (including phenoxy) is 3. The molecule has 1 aliphatic heterocycles. The summed E-state index contributed by atoms with van der Waals surface area (Å²) in [6.45, 7) is 2.40. The second-order valence-corrected chi connectivity index (χ2v) is 8.11. The monoisotopic (exact) mass is 415 g/mol. The van der Waals surface area contributed by atoms with E-state index in [1.165, 1.54) is 7.11 Å². The second kappa shape index (κ2) is 8.37. The fraction of sp³-hybridized carbons (Fsp3) is 0.545. The molecule has 2 aliphatic rings. The van der Waals surface area contributed by atoms with Crippen LogP contribution in [0.5, 0.6) is 17.6 Å². The Morgan fingerprint density at radius 1 is 1.17 bits per heavy atom. The standard InChI is InChI=1S/C22H29N3O5/c1-28-19-5-4-14(8-16(19)13-26)10-25-11-15-6-7-22(27,18(15)12-25)17-9-23-21(30-3)24-20(17)29-2/h4-5,8-9,15,18,26-27H,6-7,10-13H2,1-3H3. The summed E-state index contributed by atoms with van der Waals surface area (Å²) >= 11 is 0. The maximum Gasteiger partial charge on any atom is 0.319 e. The van der Waals surface area contributed by atoms with Gasteiger partial charge in [-0.25, -0.2) is 4.98 Å². The molecule has 1 saturated carbocycles. The smallest absolute Gasteiger partial charge is 0.319 e. The first-order chi connectivity index (χ1) is 14.5. The quantitative estimate of drug-likeness (QED) is 0.706. The third-order valence-electron chi connectivity index (χ3n) is 6.52. The summed E-state index contributed by atoms with van der Waals surface area (Å²) < 4.78 is 15.8. The summed E-state index contributed by atoms with van der Waals surface area (Å²) in [7, 11) is 4.66. The molecule has 3 atom stereocenters. The molecule has 0 bridgehead atoms. The average Bonchev–Trinajstić information content (AvgIpc) is 3.33. The van der Waals surface area contributed by atoms with Gasteiger partial charge in [0.25, 0.3) is 0 Å². The molecular formula is C22H29N3O5. The van der Waals surface area contributed by atoms with Gasteiger partial charge in [0.15, 0.2) is 0 Å². The Balaban J connectivity index is 1.53. The fourth-order valence-corrected chi connectivity index (χ4v) is 5.06. The fourth-order valence-electron chi connectivity index (χ4n) is 5.06. The molecule has 30 heavy (non-hydrogen) atoms. The van der Waals surface area contributed by atoms with Crippen molar-refractivity contribution in [1.29, 1.82) is 0 Å². The summed E-state index contributed by atoms with van der Waals surface area (Å²) in [5.74, 6) is 1.54. The summed E-state index contributed by atoms with van der Waals surface area (Å²) in [6, 6.07) is 6.13. The van der Waals surface area contributed by atoms with Gasteiger partial charge in [-0.15, -0.1) is 0 Å². The number of aromatic nitrogens is 2. The van der Waals surface area contributed by atoms with Crippen LogP contribution in [0.15, 0.2) is 24.4 Å². The van der Waals surface area contributed by atoms with E-state index < -0.39 is 5.60 Å². The van der Waals surface area contributed by atoms with Crippen molar-refractivity contribution >= 4 is 0 Å². The molecule has 2 aromatic rings. The molecule has 4 rings (SSSR count). The maximum absolute atomic E-state index is 11.7. The van der Waals surface area contributed by atoms with E-state index >= 15 is 0 Å². The first-order valence-electron chi connectivity index (χ1n) is 10.2. The van der Waals surface area contributed by atoms with Crippen molar-refractivity contribution in [1.82, 2.24) is 14.9 Å². The normalized spacial score (nSPS) is 25.9. The first kappa shape index (κ1) is 20.8. The largest absolute Gasteiger partial charge is 0.496 e. The van der Waals surface area contributed by atoms with Crippen LogP contribution in [0, 0.1) is 11.8 Å². The van der Waals surface area contributed by atoms with Crippen LogP contribution < -0.4 is 14.2 Å². The van der Waals surface area contributed by atoms with E-state index in [9.17, 15) is 10.2 Å². The third-order valence-corrected chi connectivity index (χ3v) is 6.52. The van der Waals surface area contributed by atoms with Crippen LogP contribution in [0.3, 0.4) is 0 Å². The van der Waals surface area contributed by atoms with Crippen molar-refractivity contribution in [3.8, 4) is 17.6 Å². The van der Waals surface area contributed by atoms with Gasteiger partial charge in [0.2, 0.25) is 5.88 Å². The number of benzene rings is 1. The van der Waals surface area contributed by atoms with E-state index in [1.54, 1.807) is 20.4 Å². The lowest BCUT2D eigenvalue weighted by Gasteiger charge is -2.31. The Morgan fingerprint density at radius 3 is 2.70 bits per heavy atom. The van der Waals surface area contributed by atoms with Gasteiger partial charge in [0.1, 0.15) is 11.4 Å². The molecule has 2 N–H and O–H groups in total. The number of nitrogens with zero attached hydrogens (tertiary/aromatic N) is 3. The number of hydrogen-bond acceptors (Lipinski definition) is 8. The van der Waals surface area contributed by atoms with Crippen LogP contribution in [0.4, 0.5) is 0 Å². The Hall–Kier alpha value is -2.42. The minimum absolute atomic E-state index is 0.0563. The zero-order valence-electron chi connectivity index (χ0n) is 17.7. The van der Waals surface area contributed by atoms with Crippen molar-refractivity contribution in [3.63, 3.8) is 0 Å². The molecule has 1 aromatic heterocycles.